The fraction of sp³-hybridized carbons (Fsp3) is 0.654. The zero-order chi connectivity index (χ0) is 31.1. The van der Waals surface area contributed by atoms with Gasteiger partial charge in [0.2, 0.25) is 35.4 Å². The van der Waals surface area contributed by atoms with Gasteiger partial charge in [0, 0.05) is 6.54 Å². The minimum Gasteiger partial charge on any atom is -0.390 e. The lowest BCUT2D eigenvalue weighted by Crippen LogP contribution is -2.59. The average molecular weight is 580 g/mol. The quantitative estimate of drug-likeness (QED) is 0.0940. The van der Waals surface area contributed by atoms with Gasteiger partial charge < -0.3 is 43.8 Å². The summed E-state index contributed by atoms with van der Waals surface area (Å²) in [5.41, 5.74) is 17.5. The molecule has 11 N–H and O–H groups in total. The number of carbonyl (C=O) groups excluding carboxylic acids is 6. The first-order valence-corrected chi connectivity index (χ1v) is 13.7. The minimum atomic E-state index is -1.30. The maximum absolute atomic E-state index is 13.2. The van der Waals surface area contributed by atoms with E-state index in [1.807, 2.05) is 0 Å². The summed E-state index contributed by atoms with van der Waals surface area (Å²) in [4.78, 5) is 80.4. The topological polar surface area (TPSA) is 253 Å². The number of nitrogens with two attached hydrogens (primary N) is 3. The van der Waals surface area contributed by atoms with Crippen LogP contribution < -0.4 is 43.8 Å². The van der Waals surface area contributed by atoms with Crippen LogP contribution in [0.3, 0.4) is 0 Å². The molecule has 0 aromatic carbocycles. The first-order valence-electron chi connectivity index (χ1n) is 13.7. The normalized spacial score (nSPS) is 26.9. The maximum Gasteiger partial charge on any atom is 0.243 e. The molecule has 0 spiro atoms. The fourth-order valence-electron chi connectivity index (χ4n) is 3.98. The summed E-state index contributed by atoms with van der Waals surface area (Å²) < 4.78 is 0. The van der Waals surface area contributed by atoms with Crippen molar-refractivity contribution < 1.29 is 28.8 Å². The Morgan fingerprint density at radius 2 is 1.68 bits per heavy atom. The Morgan fingerprint density at radius 3 is 2.27 bits per heavy atom. The van der Waals surface area contributed by atoms with E-state index < -0.39 is 71.6 Å². The van der Waals surface area contributed by atoms with Crippen LogP contribution in [0.15, 0.2) is 16.6 Å². The lowest BCUT2D eigenvalue weighted by molar-refractivity contribution is -0.135. The van der Waals surface area contributed by atoms with Gasteiger partial charge in [-0.25, -0.2) is 0 Å². The smallest absolute Gasteiger partial charge is 0.243 e. The Bertz CT molecular complexity index is 1010. The molecule has 6 amide bonds. The number of rotatable bonds is 6. The van der Waals surface area contributed by atoms with Crippen molar-refractivity contribution >= 4 is 41.8 Å². The predicted molar refractivity (Wildman–Crippen MR) is 153 cm³/mol. The zero-order valence-corrected chi connectivity index (χ0v) is 24.2. The fourth-order valence-corrected chi connectivity index (χ4v) is 3.98. The maximum atomic E-state index is 13.2. The summed E-state index contributed by atoms with van der Waals surface area (Å²) >= 11 is 0. The lowest BCUT2D eigenvalue weighted by atomic mass is 10.0. The van der Waals surface area contributed by atoms with Crippen LogP contribution in [0.2, 0.25) is 0 Å². The monoisotopic (exact) mass is 579 g/mol. The molecule has 1 aliphatic heterocycles. The zero-order valence-electron chi connectivity index (χ0n) is 24.2. The van der Waals surface area contributed by atoms with Gasteiger partial charge in [-0.2, -0.15) is 0 Å². The van der Waals surface area contributed by atoms with E-state index in [-0.39, 0.29) is 32.4 Å². The van der Waals surface area contributed by atoms with Gasteiger partial charge in [0.1, 0.15) is 24.2 Å². The summed E-state index contributed by atoms with van der Waals surface area (Å²) in [5, 5.41) is 12.9. The highest BCUT2D eigenvalue weighted by atomic mass is 16.2. The Labute approximate surface area is 240 Å². The van der Waals surface area contributed by atoms with Gasteiger partial charge in [0.25, 0.3) is 0 Å². The summed E-state index contributed by atoms with van der Waals surface area (Å²) in [6.07, 6.45) is 3.83. The van der Waals surface area contributed by atoms with Gasteiger partial charge in [0.05, 0.1) is 25.3 Å². The third-order valence-electron chi connectivity index (χ3n) is 6.56. The van der Waals surface area contributed by atoms with Crippen molar-refractivity contribution in [2.24, 2.45) is 28.1 Å². The van der Waals surface area contributed by atoms with Gasteiger partial charge in [-0.3, -0.25) is 33.8 Å². The third-order valence-corrected chi connectivity index (χ3v) is 6.56. The highest BCUT2D eigenvalue weighted by Crippen LogP contribution is 2.10. The van der Waals surface area contributed by atoms with Crippen molar-refractivity contribution in [3.63, 3.8) is 0 Å². The number of hydrogen-bond donors (Lipinski definition) is 8. The van der Waals surface area contributed by atoms with Crippen molar-refractivity contribution in [2.75, 3.05) is 13.1 Å². The molecule has 0 radical (unpaired) electrons. The molecule has 0 aliphatic carbocycles. The first-order chi connectivity index (χ1) is 19.3. The Kier molecular flexibility index (Phi) is 15.1. The second-order valence-electron chi connectivity index (χ2n) is 10.3. The highest BCUT2D eigenvalue weighted by molar-refractivity contribution is 5.96. The largest absolute Gasteiger partial charge is 0.390 e. The summed E-state index contributed by atoms with van der Waals surface area (Å²) in [6, 6.07) is -5.51. The van der Waals surface area contributed by atoms with E-state index in [0.717, 1.165) is 6.34 Å². The second kappa shape index (κ2) is 17.6. The number of aliphatic imine (C=N–C) groups is 1. The molecule has 1 heterocycles. The van der Waals surface area contributed by atoms with Crippen molar-refractivity contribution in [3.8, 4) is 0 Å². The Morgan fingerprint density at radius 1 is 1.00 bits per heavy atom. The SMILES string of the molecule is C/C=C(\CN=CN)C[C@@H]1NC(=O)[C@@H](N)CCCCNC(=O)C[C@@H](C(N)=O)NC(=O)[C@H](C(C)C)NC(=O)[C@H](C)NC1=O. The molecule has 0 aromatic heterocycles. The number of allylic oxidation sites excluding steroid dienone is 1. The minimum absolute atomic E-state index is 0.0873. The first kappa shape index (κ1) is 35.0. The number of nitrogens with one attached hydrogen (secondary N) is 5. The number of nitrogens with zero attached hydrogens (tertiary/aromatic N) is 1. The van der Waals surface area contributed by atoms with Crippen LogP contribution in [0.4, 0.5) is 0 Å². The van der Waals surface area contributed by atoms with Crippen LogP contribution in [0.1, 0.15) is 59.8 Å². The van der Waals surface area contributed by atoms with E-state index in [2.05, 4.69) is 31.6 Å². The van der Waals surface area contributed by atoms with Gasteiger partial charge in [0.15, 0.2) is 0 Å². The van der Waals surface area contributed by atoms with Crippen molar-refractivity contribution in [1.82, 2.24) is 26.6 Å². The van der Waals surface area contributed by atoms with Gasteiger partial charge in [-0.05, 0) is 45.4 Å². The van der Waals surface area contributed by atoms with E-state index in [4.69, 9.17) is 17.2 Å². The molecular formula is C26H45N9O6. The van der Waals surface area contributed by atoms with Crippen LogP contribution >= 0.6 is 0 Å². The third kappa shape index (κ3) is 12.4. The van der Waals surface area contributed by atoms with Gasteiger partial charge >= 0.3 is 0 Å². The molecule has 0 aromatic rings. The van der Waals surface area contributed by atoms with E-state index in [1.165, 1.54) is 6.92 Å². The standard InChI is InChI=1S/C26H45N9O6/c1-5-16(12-30-13-27)10-19-25(40)32-15(4)23(38)35-21(14(2)3)26(41)33-18(22(29)37)11-20(36)31-9-7-6-8-17(28)24(39)34-19/h5,13-15,17-19,21H,6-12,28H2,1-4H3,(H2,27,30)(H2,29,37)(H,31,36)(H,32,40)(H,33,41)(H,34,39)(H,35,38)/b16-5-/t15-,17-,18-,19-,21-/m0/s1. The summed E-state index contributed by atoms with van der Waals surface area (Å²) in [7, 11) is 0. The molecular weight excluding hydrogens is 534 g/mol. The number of carbonyl (C=O) groups is 6. The van der Waals surface area contributed by atoms with E-state index in [0.29, 0.717) is 18.4 Å². The van der Waals surface area contributed by atoms with Crippen LogP contribution in [0.5, 0.6) is 0 Å². The molecule has 1 rings (SSSR count). The van der Waals surface area contributed by atoms with Crippen molar-refractivity contribution in [1.29, 1.82) is 0 Å². The molecule has 41 heavy (non-hydrogen) atoms. The van der Waals surface area contributed by atoms with Crippen LogP contribution in [-0.4, -0.2) is 85.1 Å². The summed E-state index contributed by atoms with van der Waals surface area (Å²) in [6.45, 7) is 6.98. The van der Waals surface area contributed by atoms with Crippen LogP contribution in [-0.2, 0) is 28.8 Å². The molecule has 1 fully saturated rings. The highest BCUT2D eigenvalue weighted by Gasteiger charge is 2.32. The molecule has 15 heteroatoms. The van der Waals surface area contributed by atoms with E-state index in [9.17, 15) is 28.8 Å². The van der Waals surface area contributed by atoms with Crippen LogP contribution in [0.25, 0.3) is 0 Å². The molecule has 5 atom stereocenters. The average Bonchev–Trinajstić information content (AvgIpc) is 2.91. The predicted octanol–water partition coefficient (Wildman–Crippen LogP) is -2.57. The van der Waals surface area contributed by atoms with Gasteiger partial charge in [-0.15, -0.1) is 0 Å². The van der Waals surface area contributed by atoms with Crippen molar-refractivity contribution in [3.05, 3.63) is 11.6 Å². The Balaban J connectivity index is 3.27. The molecule has 1 aliphatic rings. The number of amides is 6. The van der Waals surface area contributed by atoms with Crippen LogP contribution in [0, 0.1) is 5.92 Å². The molecule has 1 saturated heterocycles. The Hall–Kier alpha value is -4.01. The van der Waals surface area contributed by atoms with E-state index >= 15 is 0 Å². The molecule has 0 unspecified atom stereocenters. The summed E-state index contributed by atoms with van der Waals surface area (Å²) in [5.74, 6) is -4.43. The van der Waals surface area contributed by atoms with Crippen molar-refractivity contribution in [2.45, 2.75) is 90.0 Å². The number of hydrogen-bond acceptors (Lipinski definition) is 8. The lowest BCUT2D eigenvalue weighted by Gasteiger charge is -2.27. The number of primary amides is 1. The molecule has 0 saturated carbocycles. The van der Waals surface area contributed by atoms with Gasteiger partial charge in [-0.1, -0.05) is 25.5 Å². The van der Waals surface area contributed by atoms with E-state index in [1.54, 1.807) is 26.8 Å². The molecule has 230 valence electrons. The molecule has 0 bridgehead atoms. The molecule has 15 nitrogen and oxygen atoms in total. The second-order valence-corrected chi connectivity index (χ2v) is 10.3.